The Labute approximate surface area is 165 Å². The van der Waals surface area contributed by atoms with Crippen LogP contribution in [-0.4, -0.2) is 55.2 Å². The fourth-order valence-corrected chi connectivity index (χ4v) is 2.87. The van der Waals surface area contributed by atoms with Gasteiger partial charge in [0.1, 0.15) is 18.1 Å². The van der Waals surface area contributed by atoms with Crippen LogP contribution in [0.3, 0.4) is 0 Å². The van der Waals surface area contributed by atoms with Crippen molar-refractivity contribution in [2.24, 2.45) is 0 Å². The molecule has 0 aliphatic carbocycles. The summed E-state index contributed by atoms with van der Waals surface area (Å²) >= 11 is 0. The van der Waals surface area contributed by atoms with Gasteiger partial charge in [-0.2, -0.15) is 0 Å². The summed E-state index contributed by atoms with van der Waals surface area (Å²) < 4.78 is 11.2. The zero-order valence-electron chi connectivity index (χ0n) is 15.8. The smallest absolute Gasteiger partial charge is 0.178 e. The molecule has 0 atom stereocenters. The van der Waals surface area contributed by atoms with Crippen molar-refractivity contribution in [2.45, 2.75) is 0 Å². The molecule has 2 aromatic rings. The molecular weight excluding hydrogens is 354 g/mol. The maximum Gasteiger partial charge on any atom is 0.178 e. The highest BCUT2D eigenvalue weighted by Gasteiger charge is 2.09. The van der Waals surface area contributed by atoms with Crippen LogP contribution in [0.15, 0.2) is 60.7 Å². The summed E-state index contributed by atoms with van der Waals surface area (Å²) in [5.41, 5.74) is 1.68. The van der Waals surface area contributed by atoms with Crippen LogP contribution in [0.25, 0.3) is 12.2 Å². The molecule has 2 aromatic carbocycles. The number of phenolic OH excluding ortho intramolecular Hbond substituents is 1. The minimum absolute atomic E-state index is 0.123. The summed E-state index contributed by atoms with van der Waals surface area (Å²) in [4.78, 5) is 14.3. The van der Waals surface area contributed by atoms with E-state index < -0.39 is 0 Å². The number of carbonyl (C=O) groups is 1. The van der Waals surface area contributed by atoms with Crippen LogP contribution in [0, 0.1) is 0 Å². The molecule has 1 heterocycles. The molecule has 0 unspecified atom stereocenters. The van der Waals surface area contributed by atoms with Crippen molar-refractivity contribution in [2.75, 3.05) is 39.5 Å². The fourth-order valence-electron chi connectivity index (χ4n) is 2.87. The third-order valence-electron chi connectivity index (χ3n) is 4.39. The van der Waals surface area contributed by atoms with Crippen LogP contribution in [-0.2, 0) is 9.53 Å². The van der Waals surface area contributed by atoms with E-state index in [1.165, 1.54) is 12.2 Å². The molecule has 5 nitrogen and oxygen atoms in total. The first-order chi connectivity index (χ1) is 13.7. The third kappa shape index (κ3) is 6.68. The average Bonchev–Trinajstić information content (AvgIpc) is 2.72. The van der Waals surface area contributed by atoms with E-state index in [9.17, 15) is 9.90 Å². The zero-order valence-corrected chi connectivity index (χ0v) is 15.8. The molecule has 3 rings (SSSR count). The maximum atomic E-state index is 12.0. The topological polar surface area (TPSA) is 59.0 Å². The quantitative estimate of drug-likeness (QED) is 0.713. The van der Waals surface area contributed by atoms with Crippen LogP contribution < -0.4 is 4.74 Å². The number of hydrogen-bond donors (Lipinski definition) is 1. The van der Waals surface area contributed by atoms with Crippen LogP contribution >= 0.6 is 0 Å². The second-order valence-corrected chi connectivity index (χ2v) is 6.54. The Morgan fingerprint density at radius 1 is 1.04 bits per heavy atom. The van der Waals surface area contributed by atoms with Gasteiger partial charge >= 0.3 is 0 Å². The monoisotopic (exact) mass is 379 g/mol. The number of carbonyl (C=O) groups excluding carboxylic acids is 1. The first-order valence-electron chi connectivity index (χ1n) is 9.41. The fraction of sp³-hybridized carbons (Fsp3) is 0.261. The van der Waals surface area contributed by atoms with Gasteiger partial charge in [0.05, 0.1) is 13.2 Å². The molecule has 1 saturated heterocycles. The normalized spacial score (nSPS) is 15.3. The molecule has 0 spiro atoms. The highest BCUT2D eigenvalue weighted by Crippen LogP contribution is 2.15. The lowest BCUT2D eigenvalue weighted by Crippen LogP contribution is -2.38. The minimum Gasteiger partial charge on any atom is -0.508 e. The lowest BCUT2D eigenvalue weighted by atomic mass is 10.1. The summed E-state index contributed by atoms with van der Waals surface area (Å²) in [7, 11) is 0. The van der Waals surface area contributed by atoms with Crippen LogP contribution in [0.5, 0.6) is 11.5 Å². The Morgan fingerprint density at radius 3 is 2.43 bits per heavy atom. The molecule has 1 fully saturated rings. The van der Waals surface area contributed by atoms with Gasteiger partial charge in [-0.25, -0.2) is 0 Å². The van der Waals surface area contributed by atoms with E-state index in [0.717, 1.165) is 49.7 Å². The van der Waals surface area contributed by atoms with Crippen molar-refractivity contribution in [3.8, 4) is 11.5 Å². The second-order valence-electron chi connectivity index (χ2n) is 6.54. The lowest BCUT2D eigenvalue weighted by Gasteiger charge is -2.26. The van der Waals surface area contributed by atoms with E-state index in [-0.39, 0.29) is 11.5 Å². The van der Waals surface area contributed by atoms with E-state index >= 15 is 0 Å². The molecule has 146 valence electrons. The Kier molecular flexibility index (Phi) is 7.41. The Morgan fingerprint density at radius 2 is 1.71 bits per heavy atom. The van der Waals surface area contributed by atoms with Gasteiger partial charge in [-0.1, -0.05) is 36.4 Å². The highest BCUT2D eigenvalue weighted by molar-refractivity contribution is 6.04. The Hall–Kier alpha value is -2.89. The molecular formula is C23H25NO4. The number of hydrogen-bond acceptors (Lipinski definition) is 5. The number of benzene rings is 2. The number of aromatic hydroxyl groups is 1. The molecule has 5 heteroatoms. The first kappa shape index (κ1) is 19.9. The maximum absolute atomic E-state index is 12.0. The van der Waals surface area contributed by atoms with Gasteiger partial charge in [0, 0.05) is 19.6 Å². The molecule has 0 bridgehead atoms. The first-order valence-corrected chi connectivity index (χ1v) is 9.41. The number of nitrogens with zero attached hydrogens (tertiary/aromatic N) is 1. The van der Waals surface area contributed by atoms with Gasteiger partial charge in [-0.05, 0) is 47.5 Å². The molecule has 0 saturated carbocycles. The average molecular weight is 379 g/mol. The van der Waals surface area contributed by atoms with E-state index in [1.807, 2.05) is 30.3 Å². The number of allylic oxidation sites excluding steroid dienone is 2. The van der Waals surface area contributed by atoms with E-state index in [2.05, 4.69) is 4.90 Å². The molecule has 28 heavy (non-hydrogen) atoms. The van der Waals surface area contributed by atoms with Crippen LogP contribution in [0.2, 0.25) is 0 Å². The number of ether oxygens (including phenoxy) is 2. The van der Waals surface area contributed by atoms with Crippen molar-refractivity contribution in [1.82, 2.24) is 4.90 Å². The van der Waals surface area contributed by atoms with Gasteiger partial charge in [0.2, 0.25) is 0 Å². The predicted molar refractivity (Wildman–Crippen MR) is 110 cm³/mol. The standard InChI is InChI=1S/C23H25NO4/c25-21(9-7-19-3-1-5-22(26)17-19)10-8-20-4-2-6-23(18-20)28-16-13-24-11-14-27-15-12-24/h1-10,17-18,26H,11-16H2. The van der Waals surface area contributed by atoms with Crippen LogP contribution in [0.4, 0.5) is 0 Å². The summed E-state index contributed by atoms with van der Waals surface area (Å²) in [6, 6.07) is 14.4. The summed E-state index contributed by atoms with van der Waals surface area (Å²) in [6.45, 7) is 4.97. The lowest BCUT2D eigenvalue weighted by molar-refractivity contribution is -0.110. The molecule has 0 radical (unpaired) electrons. The molecule has 1 aliphatic heterocycles. The van der Waals surface area contributed by atoms with Gasteiger partial charge in [-0.3, -0.25) is 9.69 Å². The van der Waals surface area contributed by atoms with E-state index in [4.69, 9.17) is 9.47 Å². The van der Waals surface area contributed by atoms with Gasteiger partial charge in [0.25, 0.3) is 0 Å². The molecule has 0 aromatic heterocycles. The number of phenols is 1. The predicted octanol–water partition coefficient (Wildman–Crippen LogP) is 3.40. The summed E-state index contributed by atoms with van der Waals surface area (Å²) in [5, 5.41) is 9.44. The second kappa shape index (κ2) is 10.4. The van der Waals surface area contributed by atoms with Crippen molar-refractivity contribution in [3.05, 3.63) is 71.8 Å². The molecule has 1 aliphatic rings. The van der Waals surface area contributed by atoms with Crippen molar-refractivity contribution in [3.63, 3.8) is 0 Å². The summed E-state index contributed by atoms with van der Waals surface area (Å²) in [5.74, 6) is 0.843. The van der Waals surface area contributed by atoms with Crippen molar-refractivity contribution < 1.29 is 19.4 Å². The number of rotatable bonds is 8. The largest absolute Gasteiger partial charge is 0.508 e. The van der Waals surface area contributed by atoms with Crippen molar-refractivity contribution >= 4 is 17.9 Å². The zero-order chi connectivity index (χ0) is 19.6. The van der Waals surface area contributed by atoms with E-state index in [0.29, 0.717) is 6.61 Å². The van der Waals surface area contributed by atoms with Crippen molar-refractivity contribution in [1.29, 1.82) is 0 Å². The number of ketones is 1. The molecule has 1 N–H and O–H groups in total. The van der Waals surface area contributed by atoms with Gasteiger partial charge in [0.15, 0.2) is 5.78 Å². The Balaban J connectivity index is 1.49. The minimum atomic E-state index is -0.123. The molecule has 0 amide bonds. The van der Waals surface area contributed by atoms with E-state index in [1.54, 1.807) is 30.4 Å². The van der Waals surface area contributed by atoms with Gasteiger partial charge in [-0.15, -0.1) is 0 Å². The summed E-state index contributed by atoms with van der Waals surface area (Å²) in [6.07, 6.45) is 6.45. The third-order valence-corrected chi connectivity index (χ3v) is 4.39. The highest BCUT2D eigenvalue weighted by atomic mass is 16.5. The van der Waals surface area contributed by atoms with Crippen LogP contribution in [0.1, 0.15) is 11.1 Å². The van der Waals surface area contributed by atoms with Gasteiger partial charge < -0.3 is 14.6 Å². The number of morpholine rings is 1. The Bertz CT molecular complexity index is 838. The SMILES string of the molecule is O=C(C=Cc1cccc(O)c1)C=Cc1cccc(OCCN2CCOCC2)c1.